The Morgan fingerprint density at radius 1 is 1.44 bits per heavy atom. The number of nitrogens with one attached hydrogen (secondary N) is 1. The molecule has 1 fully saturated rings. The number of carbonyl (C=O) groups excluding carboxylic acids is 2. The van der Waals surface area contributed by atoms with E-state index in [-0.39, 0.29) is 35.5 Å². The Morgan fingerprint density at radius 2 is 2.12 bits per heavy atom. The van der Waals surface area contributed by atoms with Crippen molar-refractivity contribution < 1.29 is 28.6 Å². The SMILES string of the molecule is COC(=O)[C@H]1CC(O)CN1C(=O)Nc1cc(OC(C)C)c(Cl)cc1F. The molecule has 1 aliphatic heterocycles. The summed E-state index contributed by atoms with van der Waals surface area (Å²) in [6, 6.07) is 0.645. The minimum atomic E-state index is -0.929. The van der Waals surface area contributed by atoms with Crippen LogP contribution in [0.3, 0.4) is 0 Å². The molecule has 9 heteroatoms. The number of hydrogen-bond acceptors (Lipinski definition) is 5. The number of methoxy groups -OCH3 is 1. The van der Waals surface area contributed by atoms with Gasteiger partial charge in [0.15, 0.2) is 0 Å². The zero-order chi connectivity index (χ0) is 18.7. The van der Waals surface area contributed by atoms with Crippen LogP contribution in [0.2, 0.25) is 5.02 Å². The Kier molecular flexibility index (Phi) is 6.07. The van der Waals surface area contributed by atoms with Crippen LogP contribution in [0.25, 0.3) is 0 Å². The van der Waals surface area contributed by atoms with Gasteiger partial charge >= 0.3 is 12.0 Å². The lowest BCUT2D eigenvalue weighted by Crippen LogP contribution is -2.43. The van der Waals surface area contributed by atoms with Crippen molar-refractivity contribution in [3.8, 4) is 5.75 Å². The average molecular weight is 375 g/mol. The summed E-state index contributed by atoms with van der Waals surface area (Å²) >= 11 is 5.93. The quantitative estimate of drug-likeness (QED) is 0.790. The molecule has 1 aromatic carbocycles. The van der Waals surface area contributed by atoms with Gasteiger partial charge in [0.25, 0.3) is 0 Å². The second-order valence-electron chi connectivity index (χ2n) is 5.94. The number of carbonyl (C=O) groups is 2. The molecule has 0 radical (unpaired) electrons. The summed E-state index contributed by atoms with van der Waals surface area (Å²) in [5, 5.41) is 12.2. The minimum Gasteiger partial charge on any atom is -0.489 e. The Morgan fingerprint density at radius 3 is 2.72 bits per heavy atom. The Hall–Kier alpha value is -2.06. The first-order valence-corrected chi connectivity index (χ1v) is 8.10. The third-order valence-electron chi connectivity index (χ3n) is 3.64. The van der Waals surface area contributed by atoms with Crippen LogP contribution in [0.5, 0.6) is 5.75 Å². The maximum atomic E-state index is 14.1. The molecule has 2 rings (SSSR count). The van der Waals surface area contributed by atoms with Crippen LogP contribution in [0.15, 0.2) is 12.1 Å². The molecule has 0 spiro atoms. The van der Waals surface area contributed by atoms with E-state index >= 15 is 0 Å². The van der Waals surface area contributed by atoms with Gasteiger partial charge in [0, 0.05) is 19.0 Å². The molecular formula is C16H20ClFN2O5. The summed E-state index contributed by atoms with van der Waals surface area (Å²) in [5.74, 6) is -1.17. The minimum absolute atomic E-state index is 0.0594. The van der Waals surface area contributed by atoms with Gasteiger partial charge in [0.05, 0.1) is 30.0 Å². The number of halogens is 2. The van der Waals surface area contributed by atoms with E-state index in [0.717, 1.165) is 11.0 Å². The van der Waals surface area contributed by atoms with Gasteiger partial charge in [-0.1, -0.05) is 11.6 Å². The lowest BCUT2D eigenvalue weighted by molar-refractivity contribution is -0.144. The number of hydrogen-bond donors (Lipinski definition) is 2. The zero-order valence-electron chi connectivity index (χ0n) is 14.1. The highest BCUT2D eigenvalue weighted by atomic mass is 35.5. The van der Waals surface area contributed by atoms with Gasteiger partial charge in [0.1, 0.15) is 17.6 Å². The van der Waals surface area contributed by atoms with Crippen molar-refractivity contribution in [1.82, 2.24) is 4.90 Å². The van der Waals surface area contributed by atoms with Crippen molar-refractivity contribution in [2.75, 3.05) is 19.0 Å². The smallest absolute Gasteiger partial charge is 0.328 e. The van der Waals surface area contributed by atoms with E-state index < -0.39 is 30.0 Å². The third kappa shape index (κ3) is 4.52. The van der Waals surface area contributed by atoms with Gasteiger partial charge < -0.3 is 24.8 Å². The molecule has 1 heterocycles. The molecule has 0 saturated carbocycles. The lowest BCUT2D eigenvalue weighted by atomic mass is 10.2. The molecule has 0 bridgehead atoms. The molecule has 1 aromatic rings. The van der Waals surface area contributed by atoms with Crippen molar-refractivity contribution >= 4 is 29.3 Å². The molecule has 1 saturated heterocycles. The number of aliphatic hydroxyl groups is 1. The largest absolute Gasteiger partial charge is 0.489 e. The zero-order valence-corrected chi connectivity index (χ0v) is 14.8. The number of benzene rings is 1. The molecule has 138 valence electrons. The molecule has 2 amide bonds. The van der Waals surface area contributed by atoms with E-state index in [9.17, 15) is 19.1 Å². The molecular weight excluding hydrogens is 355 g/mol. The normalized spacial score (nSPS) is 19.9. The molecule has 1 aliphatic rings. The van der Waals surface area contributed by atoms with Gasteiger partial charge in [-0.15, -0.1) is 0 Å². The van der Waals surface area contributed by atoms with E-state index in [0.29, 0.717) is 0 Å². The van der Waals surface area contributed by atoms with Gasteiger partial charge in [-0.3, -0.25) is 0 Å². The standard InChI is InChI=1S/C16H20ClFN2O5/c1-8(2)25-14-6-12(11(18)5-10(14)17)19-16(23)20-7-9(21)4-13(20)15(22)24-3/h5-6,8-9,13,21H,4,7H2,1-3H3,(H,19,23)/t9?,13-/m1/s1. The van der Waals surface area contributed by atoms with Crippen LogP contribution >= 0.6 is 11.6 Å². The van der Waals surface area contributed by atoms with Gasteiger partial charge in [-0.25, -0.2) is 14.0 Å². The van der Waals surface area contributed by atoms with Crippen LogP contribution in [0, 0.1) is 5.82 Å². The first-order valence-electron chi connectivity index (χ1n) is 7.72. The maximum Gasteiger partial charge on any atom is 0.328 e. The summed E-state index contributed by atoms with van der Waals surface area (Å²) < 4.78 is 24.2. The lowest BCUT2D eigenvalue weighted by Gasteiger charge is -2.23. The summed E-state index contributed by atoms with van der Waals surface area (Å²) in [6.45, 7) is 3.51. The second-order valence-corrected chi connectivity index (χ2v) is 6.35. The van der Waals surface area contributed by atoms with Crippen LogP contribution < -0.4 is 10.1 Å². The van der Waals surface area contributed by atoms with Crippen LogP contribution in [0.4, 0.5) is 14.9 Å². The fourth-order valence-electron chi connectivity index (χ4n) is 2.55. The maximum absolute atomic E-state index is 14.1. The van der Waals surface area contributed by atoms with Crippen LogP contribution in [-0.2, 0) is 9.53 Å². The number of rotatable bonds is 4. The number of likely N-dealkylation sites (tertiary alicyclic amines) is 1. The first kappa shape index (κ1) is 19.3. The van der Waals surface area contributed by atoms with Gasteiger partial charge in [0.2, 0.25) is 0 Å². The second kappa shape index (κ2) is 7.88. The fraction of sp³-hybridized carbons (Fsp3) is 0.500. The Bertz CT molecular complexity index is 670. The third-order valence-corrected chi connectivity index (χ3v) is 3.93. The summed E-state index contributed by atoms with van der Waals surface area (Å²) in [5.41, 5.74) is -0.143. The molecule has 1 unspecified atom stereocenters. The van der Waals surface area contributed by atoms with Crippen LogP contribution in [0.1, 0.15) is 20.3 Å². The predicted molar refractivity (Wildman–Crippen MR) is 89.3 cm³/mol. The highest BCUT2D eigenvalue weighted by Crippen LogP contribution is 2.32. The first-order chi connectivity index (χ1) is 11.7. The fourth-order valence-corrected chi connectivity index (χ4v) is 2.75. The molecule has 25 heavy (non-hydrogen) atoms. The number of anilines is 1. The van der Waals surface area contributed by atoms with Crippen molar-refractivity contribution in [2.45, 2.75) is 38.5 Å². The van der Waals surface area contributed by atoms with E-state index in [1.54, 1.807) is 13.8 Å². The summed E-state index contributed by atoms with van der Waals surface area (Å²) in [6.07, 6.45) is -0.987. The number of urea groups is 1. The molecule has 2 atom stereocenters. The number of esters is 1. The van der Waals surface area contributed by atoms with Crippen molar-refractivity contribution in [3.63, 3.8) is 0 Å². The van der Waals surface area contributed by atoms with Gasteiger partial charge in [-0.2, -0.15) is 0 Å². The topological polar surface area (TPSA) is 88.1 Å². The van der Waals surface area contributed by atoms with E-state index in [1.165, 1.54) is 13.2 Å². The number of β-amino-alcohol motifs (C(OH)–C–C–N with tert-alkyl or cyclic N) is 1. The number of aliphatic hydroxyl groups excluding tert-OH is 1. The highest BCUT2D eigenvalue weighted by Gasteiger charge is 2.40. The Labute approximate surface area is 149 Å². The molecule has 0 aromatic heterocycles. The molecule has 2 N–H and O–H groups in total. The predicted octanol–water partition coefficient (Wildman–Crippen LogP) is 2.41. The average Bonchev–Trinajstić information content (AvgIpc) is 2.92. The number of nitrogens with zero attached hydrogens (tertiary/aromatic N) is 1. The highest BCUT2D eigenvalue weighted by molar-refractivity contribution is 6.32. The van der Waals surface area contributed by atoms with Crippen LogP contribution in [-0.4, -0.2) is 53.9 Å². The van der Waals surface area contributed by atoms with Crippen molar-refractivity contribution in [1.29, 1.82) is 0 Å². The number of ether oxygens (including phenoxy) is 2. The summed E-state index contributed by atoms with van der Waals surface area (Å²) in [4.78, 5) is 25.3. The molecule has 7 nitrogen and oxygen atoms in total. The molecule has 0 aliphatic carbocycles. The van der Waals surface area contributed by atoms with Crippen molar-refractivity contribution in [2.24, 2.45) is 0 Å². The Balaban J connectivity index is 2.20. The van der Waals surface area contributed by atoms with E-state index in [4.69, 9.17) is 16.3 Å². The van der Waals surface area contributed by atoms with Crippen molar-refractivity contribution in [3.05, 3.63) is 23.0 Å². The number of amides is 2. The van der Waals surface area contributed by atoms with Gasteiger partial charge in [-0.05, 0) is 19.9 Å². The summed E-state index contributed by atoms with van der Waals surface area (Å²) in [7, 11) is 1.19. The van der Waals surface area contributed by atoms with E-state index in [1.807, 2.05) is 0 Å². The van der Waals surface area contributed by atoms with E-state index in [2.05, 4.69) is 10.1 Å². The monoisotopic (exact) mass is 374 g/mol.